The summed E-state index contributed by atoms with van der Waals surface area (Å²) in [6.07, 6.45) is -4.50. The first-order valence-corrected chi connectivity index (χ1v) is 6.59. The highest BCUT2D eigenvalue weighted by molar-refractivity contribution is 7.80. The molecule has 0 atom stereocenters. The molecule has 0 fully saturated rings. The molecular weight excluding hydrogens is 325 g/mol. The van der Waals surface area contributed by atoms with Gasteiger partial charge in [0.25, 0.3) is 0 Å². The van der Waals surface area contributed by atoms with Crippen molar-refractivity contribution in [2.45, 2.75) is 17.5 Å². The van der Waals surface area contributed by atoms with E-state index in [1.54, 1.807) is 24.3 Å². The second-order valence-electron chi connectivity index (χ2n) is 4.15. The number of hydrogen-bond donors (Lipinski definition) is 1. The molecule has 8 heteroatoms. The third kappa shape index (κ3) is 3.79. The van der Waals surface area contributed by atoms with E-state index in [2.05, 4.69) is 22.6 Å². The van der Waals surface area contributed by atoms with Crippen molar-refractivity contribution in [1.82, 2.24) is 9.97 Å². The molecule has 3 nitrogen and oxygen atoms in total. The predicted molar refractivity (Wildman–Crippen MR) is 75.1 cm³/mol. The van der Waals surface area contributed by atoms with E-state index in [1.165, 1.54) is 7.11 Å². The number of halogens is 4. The number of thiol groups is 1. The molecule has 0 unspecified atom stereocenters. The van der Waals surface area contributed by atoms with Crippen molar-refractivity contribution >= 4 is 24.2 Å². The SMILES string of the molecule is COc1ccc(Cc2nc(Cl)c(S)c(C(F)(F)F)n2)cc1. The summed E-state index contributed by atoms with van der Waals surface area (Å²) in [6, 6.07) is 6.85. The molecule has 1 aromatic heterocycles. The van der Waals surface area contributed by atoms with Gasteiger partial charge in [0, 0.05) is 6.42 Å². The van der Waals surface area contributed by atoms with Gasteiger partial charge >= 0.3 is 6.18 Å². The second-order valence-corrected chi connectivity index (χ2v) is 4.96. The molecule has 0 amide bonds. The molecule has 0 radical (unpaired) electrons. The highest BCUT2D eigenvalue weighted by atomic mass is 35.5. The van der Waals surface area contributed by atoms with Crippen LogP contribution in [0.5, 0.6) is 5.75 Å². The molecule has 0 bridgehead atoms. The largest absolute Gasteiger partial charge is 0.497 e. The standard InChI is InChI=1S/C13H10ClF3N2OS/c1-20-8-4-2-7(3-5-8)6-9-18-11(13(15,16)17)10(21)12(14)19-9/h2-5,21H,6H2,1H3. The Morgan fingerprint density at radius 3 is 2.33 bits per heavy atom. The number of hydrogen-bond acceptors (Lipinski definition) is 4. The molecule has 0 N–H and O–H groups in total. The van der Waals surface area contributed by atoms with Gasteiger partial charge in [0.2, 0.25) is 0 Å². The molecular formula is C13H10ClF3N2OS. The molecule has 2 aromatic rings. The van der Waals surface area contributed by atoms with E-state index in [9.17, 15) is 13.2 Å². The fourth-order valence-corrected chi connectivity index (χ4v) is 2.09. The predicted octanol–water partition coefficient (Wildman–Crippen LogP) is 4.04. The summed E-state index contributed by atoms with van der Waals surface area (Å²) in [5, 5.41) is -0.316. The van der Waals surface area contributed by atoms with Gasteiger partial charge in [-0.05, 0) is 17.7 Å². The number of aromatic nitrogens is 2. The van der Waals surface area contributed by atoms with Crippen molar-refractivity contribution in [2.75, 3.05) is 7.11 Å². The first-order chi connectivity index (χ1) is 9.81. The zero-order valence-electron chi connectivity index (χ0n) is 10.8. The number of rotatable bonds is 3. The van der Waals surface area contributed by atoms with Gasteiger partial charge < -0.3 is 4.74 Å². The fourth-order valence-electron chi connectivity index (χ4n) is 1.67. The highest BCUT2D eigenvalue weighted by Crippen LogP contribution is 2.35. The van der Waals surface area contributed by atoms with E-state index in [1.807, 2.05) is 0 Å². The molecule has 21 heavy (non-hydrogen) atoms. The summed E-state index contributed by atoms with van der Waals surface area (Å²) in [5.41, 5.74) is -0.388. The van der Waals surface area contributed by atoms with Crippen LogP contribution < -0.4 is 4.74 Å². The molecule has 0 aliphatic carbocycles. The van der Waals surface area contributed by atoms with Gasteiger partial charge in [-0.25, -0.2) is 9.97 Å². The van der Waals surface area contributed by atoms with Gasteiger partial charge in [0.1, 0.15) is 16.7 Å². The summed E-state index contributed by atoms with van der Waals surface area (Å²) in [7, 11) is 1.53. The molecule has 1 heterocycles. The minimum absolute atomic E-state index is 0.0182. The van der Waals surface area contributed by atoms with Crippen molar-refractivity contribution in [3.63, 3.8) is 0 Å². The summed E-state index contributed by atoms with van der Waals surface area (Å²) >= 11 is 9.40. The molecule has 0 aliphatic rings. The first kappa shape index (κ1) is 15.9. The lowest BCUT2D eigenvalue weighted by Gasteiger charge is -2.11. The summed E-state index contributed by atoms with van der Waals surface area (Å²) in [5.74, 6) is 0.634. The van der Waals surface area contributed by atoms with Gasteiger partial charge in [0.15, 0.2) is 5.69 Å². The van der Waals surface area contributed by atoms with Crippen LogP contribution in [0, 0.1) is 0 Å². The number of alkyl halides is 3. The lowest BCUT2D eigenvalue weighted by molar-refractivity contribution is -0.143. The maximum absolute atomic E-state index is 12.8. The average Bonchev–Trinajstić information content (AvgIpc) is 2.42. The monoisotopic (exact) mass is 334 g/mol. The van der Waals surface area contributed by atoms with E-state index < -0.39 is 16.8 Å². The minimum atomic E-state index is -4.63. The van der Waals surface area contributed by atoms with Crippen LogP contribution in [0.4, 0.5) is 13.2 Å². The van der Waals surface area contributed by atoms with E-state index in [4.69, 9.17) is 16.3 Å². The zero-order chi connectivity index (χ0) is 15.6. The van der Waals surface area contributed by atoms with Gasteiger partial charge in [-0.1, -0.05) is 23.7 Å². The second kappa shape index (κ2) is 6.11. The number of nitrogens with zero attached hydrogens (tertiary/aromatic N) is 2. The van der Waals surface area contributed by atoms with Gasteiger partial charge in [-0.15, -0.1) is 12.6 Å². The maximum atomic E-state index is 12.8. The van der Waals surface area contributed by atoms with Crippen molar-refractivity contribution in [3.05, 3.63) is 46.5 Å². The normalized spacial score (nSPS) is 11.5. The van der Waals surface area contributed by atoms with Crippen molar-refractivity contribution in [1.29, 1.82) is 0 Å². The topological polar surface area (TPSA) is 35.0 Å². The van der Waals surface area contributed by atoms with E-state index in [-0.39, 0.29) is 17.4 Å². The third-order valence-electron chi connectivity index (χ3n) is 2.68. The Hall–Kier alpha value is -1.47. The smallest absolute Gasteiger partial charge is 0.434 e. The van der Waals surface area contributed by atoms with Crippen LogP contribution in [0.2, 0.25) is 5.15 Å². The van der Waals surface area contributed by atoms with Crippen molar-refractivity contribution in [2.24, 2.45) is 0 Å². The van der Waals surface area contributed by atoms with Gasteiger partial charge in [-0.3, -0.25) is 0 Å². The van der Waals surface area contributed by atoms with E-state index in [0.717, 1.165) is 5.56 Å². The highest BCUT2D eigenvalue weighted by Gasteiger charge is 2.36. The average molecular weight is 335 g/mol. The van der Waals surface area contributed by atoms with Crippen molar-refractivity contribution < 1.29 is 17.9 Å². The van der Waals surface area contributed by atoms with Crippen molar-refractivity contribution in [3.8, 4) is 5.75 Å². The minimum Gasteiger partial charge on any atom is -0.497 e. The van der Waals surface area contributed by atoms with Crippen LogP contribution in [0.15, 0.2) is 29.2 Å². The Balaban J connectivity index is 2.33. The van der Waals surface area contributed by atoms with E-state index >= 15 is 0 Å². The molecule has 0 aliphatic heterocycles. The van der Waals surface area contributed by atoms with Crippen LogP contribution in [0.25, 0.3) is 0 Å². The molecule has 112 valence electrons. The molecule has 2 rings (SSSR count). The van der Waals surface area contributed by atoms with Gasteiger partial charge in [0.05, 0.1) is 12.0 Å². The van der Waals surface area contributed by atoms with E-state index in [0.29, 0.717) is 5.75 Å². The maximum Gasteiger partial charge on any atom is 0.434 e. The Labute approximate surface area is 129 Å². The van der Waals surface area contributed by atoms with Crippen LogP contribution in [0.1, 0.15) is 17.1 Å². The first-order valence-electron chi connectivity index (χ1n) is 5.76. The molecule has 0 saturated carbocycles. The Kier molecular flexibility index (Phi) is 4.63. The summed E-state index contributed by atoms with van der Waals surface area (Å²) < 4.78 is 43.5. The fraction of sp³-hybridized carbons (Fsp3) is 0.231. The number of ether oxygens (including phenoxy) is 1. The van der Waals surface area contributed by atoms with Crippen LogP contribution >= 0.6 is 24.2 Å². The summed E-state index contributed by atoms with van der Waals surface area (Å²) in [4.78, 5) is 6.88. The van der Waals surface area contributed by atoms with Gasteiger partial charge in [-0.2, -0.15) is 13.2 Å². The quantitative estimate of drug-likeness (QED) is 0.679. The Morgan fingerprint density at radius 2 is 1.81 bits per heavy atom. The zero-order valence-corrected chi connectivity index (χ0v) is 12.4. The Morgan fingerprint density at radius 1 is 1.19 bits per heavy atom. The molecule has 0 spiro atoms. The lowest BCUT2D eigenvalue weighted by atomic mass is 10.1. The van der Waals surface area contributed by atoms with Crippen LogP contribution in [-0.2, 0) is 12.6 Å². The molecule has 0 saturated heterocycles. The number of benzene rings is 1. The Bertz CT molecular complexity index is 647. The molecule has 1 aromatic carbocycles. The van der Waals surface area contributed by atoms with Crippen LogP contribution in [-0.4, -0.2) is 17.1 Å². The lowest BCUT2D eigenvalue weighted by Crippen LogP contribution is -2.13. The number of methoxy groups -OCH3 is 1. The third-order valence-corrected chi connectivity index (χ3v) is 3.51. The summed E-state index contributed by atoms with van der Waals surface area (Å²) in [6.45, 7) is 0. The van der Waals surface area contributed by atoms with Crippen LogP contribution in [0.3, 0.4) is 0 Å².